The maximum atomic E-state index is 10.4. The minimum Gasteiger partial charge on any atom is -0.467 e. The third kappa shape index (κ3) is 1.16. The average Bonchev–Trinajstić information content (AvgIpc) is 2.36. The molecular formula is C6H8N2O2. The van der Waals surface area contributed by atoms with Gasteiger partial charge in [-0.1, -0.05) is 0 Å². The molecule has 4 heteroatoms. The molecule has 4 N–H and O–H groups in total. The molecular weight excluding hydrogens is 132 g/mol. The third-order valence-corrected chi connectivity index (χ3v) is 1.16. The van der Waals surface area contributed by atoms with Crippen LogP contribution >= 0.6 is 0 Å². The van der Waals surface area contributed by atoms with Crippen LogP contribution in [0.1, 0.15) is 11.8 Å². The SMILES string of the molecule is NC(=O)[C@@H](N)c1ccco1. The van der Waals surface area contributed by atoms with Gasteiger partial charge in [-0.15, -0.1) is 0 Å². The first-order chi connectivity index (χ1) is 4.72. The van der Waals surface area contributed by atoms with Crippen LogP contribution in [-0.4, -0.2) is 5.91 Å². The number of furan rings is 1. The normalized spacial score (nSPS) is 12.9. The number of nitrogens with two attached hydrogens (primary N) is 2. The number of rotatable bonds is 2. The molecule has 1 atom stereocenters. The molecule has 0 bridgehead atoms. The van der Waals surface area contributed by atoms with Crippen molar-refractivity contribution in [1.82, 2.24) is 0 Å². The van der Waals surface area contributed by atoms with E-state index >= 15 is 0 Å². The summed E-state index contributed by atoms with van der Waals surface area (Å²) < 4.78 is 4.83. The van der Waals surface area contributed by atoms with Gasteiger partial charge in [-0.05, 0) is 12.1 Å². The summed E-state index contributed by atoms with van der Waals surface area (Å²) in [6.45, 7) is 0. The molecule has 0 fully saturated rings. The largest absolute Gasteiger partial charge is 0.467 e. The van der Waals surface area contributed by atoms with Crippen molar-refractivity contribution in [2.24, 2.45) is 11.5 Å². The molecule has 0 aromatic carbocycles. The Bertz CT molecular complexity index is 218. The van der Waals surface area contributed by atoms with Crippen LogP contribution in [0.25, 0.3) is 0 Å². The molecule has 0 radical (unpaired) electrons. The van der Waals surface area contributed by atoms with Crippen LogP contribution in [0.5, 0.6) is 0 Å². The molecule has 0 aliphatic heterocycles. The van der Waals surface area contributed by atoms with Crippen molar-refractivity contribution in [1.29, 1.82) is 0 Å². The number of amides is 1. The van der Waals surface area contributed by atoms with E-state index < -0.39 is 11.9 Å². The van der Waals surface area contributed by atoms with E-state index in [1.807, 2.05) is 0 Å². The molecule has 54 valence electrons. The molecule has 1 aromatic heterocycles. The van der Waals surface area contributed by atoms with Gasteiger partial charge in [-0.25, -0.2) is 0 Å². The lowest BCUT2D eigenvalue weighted by molar-refractivity contribution is -0.119. The van der Waals surface area contributed by atoms with Gasteiger partial charge in [-0.2, -0.15) is 0 Å². The van der Waals surface area contributed by atoms with E-state index in [1.165, 1.54) is 6.26 Å². The van der Waals surface area contributed by atoms with E-state index in [0.717, 1.165) is 0 Å². The van der Waals surface area contributed by atoms with E-state index in [4.69, 9.17) is 15.9 Å². The molecule has 4 nitrogen and oxygen atoms in total. The van der Waals surface area contributed by atoms with E-state index in [-0.39, 0.29) is 0 Å². The fourth-order valence-electron chi connectivity index (χ4n) is 0.608. The Morgan fingerprint density at radius 3 is 2.80 bits per heavy atom. The van der Waals surface area contributed by atoms with Crippen LogP contribution in [0.15, 0.2) is 22.8 Å². The number of primary amides is 1. The lowest BCUT2D eigenvalue weighted by Crippen LogP contribution is -2.27. The van der Waals surface area contributed by atoms with Gasteiger partial charge in [-0.3, -0.25) is 4.79 Å². The first-order valence-corrected chi connectivity index (χ1v) is 2.80. The van der Waals surface area contributed by atoms with Crippen molar-refractivity contribution < 1.29 is 9.21 Å². The monoisotopic (exact) mass is 140 g/mol. The van der Waals surface area contributed by atoms with Gasteiger partial charge >= 0.3 is 0 Å². The quantitative estimate of drug-likeness (QED) is 0.595. The highest BCUT2D eigenvalue weighted by Crippen LogP contribution is 2.08. The predicted octanol–water partition coefficient (Wildman–Crippen LogP) is -0.235. The minimum atomic E-state index is -0.824. The van der Waals surface area contributed by atoms with Gasteiger partial charge in [0, 0.05) is 0 Å². The molecule has 1 amide bonds. The zero-order chi connectivity index (χ0) is 7.56. The maximum absolute atomic E-state index is 10.4. The Balaban J connectivity index is 2.77. The van der Waals surface area contributed by atoms with Gasteiger partial charge in [0.1, 0.15) is 11.8 Å². The van der Waals surface area contributed by atoms with Crippen molar-refractivity contribution >= 4 is 5.91 Å². The van der Waals surface area contributed by atoms with Crippen molar-refractivity contribution in [2.75, 3.05) is 0 Å². The lowest BCUT2D eigenvalue weighted by Gasteiger charge is -2.00. The number of hydrogen-bond acceptors (Lipinski definition) is 3. The second kappa shape index (κ2) is 2.53. The van der Waals surface area contributed by atoms with Crippen LogP contribution in [0.3, 0.4) is 0 Å². The summed E-state index contributed by atoms with van der Waals surface area (Å²) >= 11 is 0. The molecule has 0 aliphatic rings. The zero-order valence-electron chi connectivity index (χ0n) is 5.28. The summed E-state index contributed by atoms with van der Waals surface area (Å²) in [6, 6.07) is 2.43. The maximum Gasteiger partial charge on any atom is 0.242 e. The predicted molar refractivity (Wildman–Crippen MR) is 34.8 cm³/mol. The smallest absolute Gasteiger partial charge is 0.242 e. The highest BCUT2D eigenvalue weighted by Gasteiger charge is 2.13. The first kappa shape index (κ1) is 6.82. The van der Waals surface area contributed by atoms with Gasteiger partial charge in [0.2, 0.25) is 5.91 Å². The topological polar surface area (TPSA) is 82.2 Å². The standard InChI is InChI=1S/C6H8N2O2/c7-5(6(8)9)4-2-1-3-10-4/h1-3,5H,7H2,(H2,8,9)/t5-/m0/s1. The summed E-state index contributed by atoms with van der Waals surface area (Å²) in [7, 11) is 0. The number of carbonyl (C=O) groups excluding carboxylic acids is 1. The number of carbonyl (C=O) groups is 1. The molecule has 0 unspecified atom stereocenters. The molecule has 10 heavy (non-hydrogen) atoms. The van der Waals surface area contributed by atoms with E-state index in [0.29, 0.717) is 5.76 Å². The van der Waals surface area contributed by atoms with Crippen molar-refractivity contribution in [2.45, 2.75) is 6.04 Å². The summed E-state index contributed by atoms with van der Waals surface area (Å²) in [5, 5.41) is 0. The Morgan fingerprint density at radius 1 is 1.70 bits per heavy atom. The molecule has 0 saturated carbocycles. The third-order valence-electron chi connectivity index (χ3n) is 1.16. The Labute approximate surface area is 57.8 Å². The van der Waals surface area contributed by atoms with Crippen LogP contribution in [0.2, 0.25) is 0 Å². The van der Waals surface area contributed by atoms with Gasteiger partial charge in [0.05, 0.1) is 6.26 Å². The first-order valence-electron chi connectivity index (χ1n) is 2.80. The molecule has 0 saturated heterocycles. The summed E-state index contributed by atoms with van der Waals surface area (Å²) in [6.07, 6.45) is 1.44. The number of hydrogen-bond donors (Lipinski definition) is 2. The average molecular weight is 140 g/mol. The fraction of sp³-hybridized carbons (Fsp3) is 0.167. The Kier molecular flexibility index (Phi) is 1.73. The highest BCUT2D eigenvalue weighted by molar-refractivity contribution is 5.80. The lowest BCUT2D eigenvalue weighted by atomic mass is 10.2. The molecule has 1 aromatic rings. The molecule has 0 spiro atoms. The summed E-state index contributed by atoms with van der Waals surface area (Å²) in [4.78, 5) is 10.4. The van der Waals surface area contributed by atoms with Crippen LogP contribution in [0.4, 0.5) is 0 Å². The minimum absolute atomic E-state index is 0.396. The van der Waals surface area contributed by atoms with Gasteiger partial charge in [0.15, 0.2) is 0 Å². The fourth-order valence-corrected chi connectivity index (χ4v) is 0.608. The van der Waals surface area contributed by atoms with Crippen LogP contribution in [-0.2, 0) is 4.79 Å². The van der Waals surface area contributed by atoms with Crippen LogP contribution < -0.4 is 11.5 Å². The molecule has 0 aliphatic carbocycles. The molecule has 1 heterocycles. The van der Waals surface area contributed by atoms with Crippen LogP contribution in [0, 0.1) is 0 Å². The second-order valence-corrected chi connectivity index (χ2v) is 1.90. The van der Waals surface area contributed by atoms with E-state index in [2.05, 4.69) is 0 Å². The Morgan fingerprint density at radius 2 is 2.40 bits per heavy atom. The van der Waals surface area contributed by atoms with Crippen molar-refractivity contribution in [3.63, 3.8) is 0 Å². The van der Waals surface area contributed by atoms with Gasteiger partial charge in [0.25, 0.3) is 0 Å². The second-order valence-electron chi connectivity index (χ2n) is 1.90. The van der Waals surface area contributed by atoms with Crippen molar-refractivity contribution in [3.05, 3.63) is 24.2 Å². The zero-order valence-corrected chi connectivity index (χ0v) is 5.28. The van der Waals surface area contributed by atoms with Gasteiger partial charge < -0.3 is 15.9 Å². The summed E-state index contributed by atoms with van der Waals surface area (Å²) in [5.41, 5.74) is 10.2. The van der Waals surface area contributed by atoms with E-state index in [9.17, 15) is 4.79 Å². The highest BCUT2D eigenvalue weighted by atomic mass is 16.3. The van der Waals surface area contributed by atoms with E-state index in [1.54, 1.807) is 12.1 Å². The summed E-state index contributed by atoms with van der Waals surface area (Å²) in [5.74, 6) is -0.192. The van der Waals surface area contributed by atoms with Crippen molar-refractivity contribution in [3.8, 4) is 0 Å². The Hall–Kier alpha value is -1.29. The molecule has 1 rings (SSSR count).